The van der Waals surface area contributed by atoms with Crippen LogP contribution < -0.4 is 0 Å². The lowest BCUT2D eigenvalue weighted by Gasteiger charge is -2.30. The van der Waals surface area contributed by atoms with Crippen molar-refractivity contribution in [3.05, 3.63) is 214 Å². The van der Waals surface area contributed by atoms with Crippen molar-refractivity contribution >= 4 is 44.8 Å². The fourth-order valence-corrected chi connectivity index (χ4v) is 8.45. The van der Waals surface area contributed by atoms with Crippen molar-refractivity contribution in [3.63, 3.8) is 0 Å². The number of aryl methyl sites for hydroxylation is 2. The second-order valence-corrected chi connectivity index (χ2v) is 15.7. The molecule has 7 aromatic rings. The minimum Gasteiger partial charge on any atom is -0.456 e. The van der Waals surface area contributed by atoms with Gasteiger partial charge in [-0.1, -0.05) is 172 Å². The van der Waals surface area contributed by atoms with Gasteiger partial charge in [0.25, 0.3) is 0 Å². The number of benzene rings is 6. The van der Waals surface area contributed by atoms with Crippen molar-refractivity contribution in [2.45, 2.75) is 52.9 Å². The van der Waals surface area contributed by atoms with Crippen LogP contribution in [0.2, 0.25) is 0 Å². The van der Waals surface area contributed by atoms with Crippen molar-refractivity contribution in [2.24, 2.45) is 15.9 Å². The zero-order valence-electron chi connectivity index (χ0n) is 33.2. The van der Waals surface area contributed by atoms with E-state index < -0.39 is 0 Å². The first-order valence-corrected chi connectivity index (χ1v) is 19.6. The molecular formula is C53H48N2O. The van der Waals surface area contributed by atoms with Crippen LogP contribution in [0.25, 0.3) is 33.2 Å². The van der Waals surface area contributed by atoms with E-state index in [-0.39, 0.29) is 5.41 Å². The van der Waals surface area contributed by atoms with Crippen LogP contribution in [0.1, 0.15) is 78.1 Å². The molecule has 0 saturated carbocycles. The van der Waals surface area contributed by atoms with E-state index in [4.69, 9.17) is 14.4 Å². The standard InChI is InChI=1S/C30H24N2O.C23H24/c1-20-11-9-14-24(19-20)21(2)31-30(23-12-5-4-6-13-23)32-22(3)25-16-10-18-28-29(25)26-15-7-8-17-27(26)33-28;1-15-9-5-6-10-17(15)19-14-20-18-11-7-8-12-21(18)23(3,4)22(20)13-16(19)2/h4-19H,2H2,1,3H3;5-14,16,19H,1-4H3. The zero-order valence-corrected chi connectivity index (χ0v) is 33.2. The molecule has 1 aromatic heterocycles. The summed E-state index contributed by atoms with van der Waals surface area (Å²) in [5.41, 5.74) is 16.2. The number of nitrogens with zero attached hydrogens (tertiary/aromatic N) is 2. The maximum absolute atomic E-state index is 6.07. The first kappa shape index (κ1) is 36.6. The molecule has 0 N–H and O–H groups in total. The second-order valence-electron chi connectivity index (χ2n) is 15.7. The van der Waals surface area contributed by atoms with Crippen LogP contribution in [0.15, 0.2) is 184 Å². The quantitative estimate of drug-likeness (QED) is 0.128. The number of amidine groups is 1. The lowest BCUT2D eigenvalue weighted by atomic mass is 9.73. The molecule has 3 heteroatoms. The van der Waals surface area contributed by atoms with E-state index >= 15 is 0 Å². The summed E-state index contributed by atoms with van der Waals surface area (Å²) >= 11 is 0. The molecule has 0 spiro atoms. The van der Waals surface area contributed by atoms with Crippen molar-refractivity contribution in [2.75, 3.05) is 0 Å². The van der Waals surface area contributed by atoms with Gasteiger partial charge in [-0.15, -0.1) is 0 Å². The molecule has 0 bridgehead atoms. The summed E-state index contributed by atoms with van der Waals surface area (Å²) in [6.45, 7) is 17.6. The average molecular weight is 729 g/mol. The van der Waals surface area contributed by atoms with Gasteiger partial charge in [0.2, 0.25) is 0 Å². The van der Waals surface area contributed by atoms with Crippen molar-refractivity contribution < 1.29 is 4.42 Å². The van der Waals surface area contributed by atoms with E-state index in [9.17, 15) is 0 Å². The number of hydrogen-bond donors (Lipinski definition) is 0. The maximum atomic E-state index is 6.07. The Balaban J connectivity index is 0.000000168. The number of allylic oxidation sites excluding steroid dienone is 4. The molecule has 0 amide bonds. The highest BCUT2D eigenvalue weighted by atomic mass is 16.3. The molecule has 2 aliphatic rings. The zero-order chi connectivity index (χ0) is 39.0. The Morgan fingerprint density at radius 2 is 1.36 bits per heavy atom. The van der Waals surface area contributed by atoms with Gasteiger partial charge in [-0.2, -0.15) is 0 Å². The third-order valence-corrected chi connectivity index (χ3v) is 11.4. The summed E-state index contributed by atoms with van der Waals surface area (Å²) in [7, 11) is 0. The maximum Gasteiger partial charge on any atom is 0.160 e. The third kappa shape index (κ3) is 6.90. The van der Waals surface area contributed by atoms with Gasteiger partial charge in [0.1, 0.15) is 11.2 Å². The van der Waals surface area contributed by atoms with Crippen molar-refractivity contribution in [3.8, 4) is 0 Å². The molecule has 6 aromatic carbocycles. The van der Waals surface area contributed by atoms with Gasteiger partial charge >= 0.3 is 0 Å². The summed E-state index contributed by atoms with van der Waals surface area (Å²) in [5, 5.41) is 2.15. The Bertz CT molecular complexity index is 2740. The summed E-state index contributed by atoms with van der Waals surface area (Å²) in [5.74, 6) is 1.63. The van der Waals surface area contributed by atoms with E-state index in [0.29, 0.717) is 23.4 Å². The number of furan rings is 1. The second kappa shape index (κ2) is 15.1. The number of rotatable bonds is 5. The molecular weight excluding hydrogens is 681 g/mol. The molecule has 2 unspecified atom stereocenters. The summed E-state index contributed by atoms with van der Waals surface area (Å²) in [6.07, 6.45) is 5.04. The molecule has 2 aliphatic carbocycles. The Hall–Kier alpha value is -6.32. The minimum absolute atomic E-state index is 0.118. The fraction of sp³-hybridized carbons (Fsp3) is 0.170. The number of fused-ring (bicyclic) bond motifs is 6. The van der Waals surface area contributed by atoms with E-state index in [1.54, 1.807) is 0 Å². The Kier molecular flexibility index (Phi) is 9.87. The summed E-state index contributed by atoms with van der Waals surface area (Å²) < 4.78 is 6.07. The highest BCUT2D eigenvalue weighted by molar-refractivity contribution is 6.21. The molecule has 276 valence electrons. The smallest absolute Gasteiger partial charge is 0.160 e. The average Bonchev–Trinajstić information content (AvgIpc) is 3.70. The number of hydrogen-bond acceptors (Lipinski definition) is 2. The van der Waals surface area contributed by atoms with Gasteiger partial charge in [0.05, 0.1) is 5.70 Å². The predicted molar refractivity (Wildman–Crippen MR) is 238 cm³/mol. The monoisotopic (exact) mass is 728 g/mol. The van der Waals surface area contributed by atoms with Crippen molar-refractivity contribution in [1.29, 1.82) is 0 Å². The largest absolute Gasteiger partial charge is 0.456 e. The lowest BCUT2D eigenvalue weighted by Crippen LogP contribution is -2.19. The van der Waals surface area contributed by atoms with Crippen LogP contribution in [-0.2, 0) is 5.41 Å². The van der Waals surface area contributed by atoms with Crippen LogP contribution >= 0.6 is 0 Å². The third-order valence-electron chi connectivity index (χ3n) is 11.4. The Morgan fingerprint density at radius 3 is 2.16 bits per heavy atom. The van der Waals surface area contributed by atoms with Gasteiger partial charge in [-0.25, -0.2) is 9.98 Å². The predicted octanol–water partition coefficient (Wildman–Crippen LogP) is 13.9. The highest BCUT2D eigenvalue weighted by Gasteiger charge is 2.40. The number of aliphatic imine (C=N–C) groups is 2. The first-order chi connectivity index (χ1) is 27.1. The molecule has 3 nitrogen and oxygen atoms in total. The van der Waals surface area contributed by atoms with Gasteiger partial charge in [-0.3, -0.25) is 0 Å². The first-order valence-electron chi connectivity index (χ1n) is 19.6. The molecule has 0 aliphatic heterocycles. The molecule has 0 saturated heterocycles. The summed E-state index contributed by atoms with van der Waals surface area (Å²) in [6, 6.07) is 50.1. The topological polar surface area (TPSA) is 37.9 Å². The minimum atomic E-state index is 0.118. The highest BCUT2D eigenvalue weighted by Crippen LogP contribution is 2.54. The Morgan fingerprint density at radius 1 is 0.679 bits per heavy atom. The lowest BCUT2D eigenvalue weighted by molar-refractivity contribution is 0.595. The molecule has 56 heavy (non-hydrogen) atoms. The van der Waals surface area contributed by atoms with Crippen LogP contribution in [-0.4, -0.2) is 11.5 Å². The Labute approximate surface area is 331 Å². The van der Waals surface area contributed by atoms with E-state index in [2.05, 4.69) is 126 Å². The van der Waals surface area contributed by atoms with Crippen LogP contribution in [0.3, 0.4) is 0 Å². The van der Waals surface area contributed by atoms with Gasteiger partial charge in [0, 0.05) is 38.9 Å². The number of para-hydroxylation sites is 1. The van der Waals surface area contributed by atoms with E-state index in [1.807, 2.05) is 79.7 Å². The SMILES string of the molecule is C=C(N=C(N=C(C)c1cccc2oc3ccccc3c12)c1ccccc1)c1cccc(C)c1.Cc1ccccc1C1C=C2C(=CC1C)C(C)(C)c1ccccc12. The molecule has 9 rings (SSSR count). The molecule has 2 atom stereocenters. The molecule has 1 heterocycles. The van der Waals surface area contributed by atoms with E-state index in [0.717, 1.165) is 44.3 Å². The summed E-state index contributed by atoms with van der Waals surface area (Å²) in [4.78, 5) is 9.87. The van der Waals surface area contributed by atoms with Crippen LogP contribution in [0.5, 0.6) is 0 Å². The molecule has 0 fully saturated rings. The van der Waals surface area contributed by atoms with Crippen LogP contribution in [0.4, 0.5) is 0 Å². The van der Waals surface area contributed by atoms with Crippen LogP contribution in [0, 0.1) is 19.8 Å². The van der Waals surface area contributed by atoms with Gasteiger partial charge < -0.3 is 4.42 Å². The van der Waals surface area contributed by atoms with Gasteiger partial charge in [0.15, 0.2) is 5.84 Å². The fourth-order valence-electron chi connectivity index (χ4n) is 8.45. The van der Waals surface area contributed by atoms with Gasteiger partial charge in [-0.05, 0) is 83.9 Å². The van der Waals surface area contributed by atoms with Crippen molar-refractivity contribution in [1.82, 2.24) is 0 Å². The molecule has 0 radical (unpaired) electrons. The normalized spacial score (nSPS) is 17.4. The van der Waals surface area contributed by atoms with E-state index in [1.165, 1.54) is 39.0 Å².